The molecule has 0 aromatic heterocycles. The fraction of sp³-hybridized carbons (Fsp3) is 0.909. The summed E-state index contributed by atoms with van der Waals surface area (Å²) in [6.07, 6.45) is 0.606. The highest BCUT2D eigenvalue weighted by molar-refractivity contribution is 5.82. The lowest BCUT2D eigenvalue weighted by Gasteiger charge is -2.30. The van der Waals surface area contributed by atoms with Gasteiger partial charge >= 0.3 is 0 Å². The number of nitrogens with zero attached hydrogens (tertiary/aromatic N) is 1. The molecule has 0 saturated heterocycles. The van der Waals surface area contributed by atoms with Crippen LogP contribution in [0, 0.1) is 5.92 Å². The molecule has 0 unspecified atom stereocenters. The van der Waals surface area contributed by atoms with Crippen LogP contribution in [0.4, 0.5) is 0 Å². The van der Waals surface area contributed by atoms with Crippen molar-refractivity contribution >= 4 is 5.91 Å². The Morgan fingerprint density at radius 1 is 1.33 bits per heavy atom. The maximum atomic E-state index is 12.0. The molecule has 0 aromatic carbocycles. The molecular weight excluding hydrogens is 192 g/mol. The van der Waals surface area contributed by atoms with Crippen LogP contribution in [0.5, 0.6) is 0 Å². The van der Waals surface area contributed by atoms with E-state index in [4.69, 9.17) is 10.8 Å². The lowest BCUT2D eigenvalue weighted by molar-refractivity contribution is -0.135. The fourth-order valence-corrected chi connectivity index (χ4v) is 1.34. The molecule has 0 bridgehead atoms. The van der Waals surface area contributed by atoms with Crippen molar-refractivity contribution in [1.29, 1.82) is 0 Å². The maximum absolute atomic E-state index is 12.0. The van der Waals surface area contributed by atoms with E-state index in [9.17, 15) is 4.79 Å². The van der Waals surface area contributed by atoms with E-state index in [1.54, 1.807) is 4.90 Å². The molecule has 1 atom stereocenters. The zero-order valence-electron chi connectivity index (χ0n) is 10.2. The molecule has 4 heteroatoms. The highest BCUT2D eigenvalue weighted by atomic mass is 16.3. The van der Waals surface area contributed by atoms with E-state index in [1.807, 2.05) is 27.7 Å². The van der Waals surface area contributed by atoms with Crippen molar-refractivity contribution in [2.45, 2.75) is 46.2 Å². The van der Waals surface area contributed by atoms with Gasteiger partial charge in [0, 0.05) is 19.2 Å². The van der Waals surface area contributed by atoms with Gasteiger partial charge < -0.3 is 15.7 Å². The topological polar surface area (TPSA) is 66.6 Å². The fourth-order valence-electron chi connectivity index (χ4n) is 1.34. The second-order valence-corrected chi connectivity index (χ2v) is 4.47. The van der Waals surface area contributed by atoms with Crippen molar-refractivity contribution in [3.8, 4) is 0 Å². The minimum Gasteiger partial charge on any atom is -0.396 e. The summed E-state index contributed by atoms with van der Waals surface area (Å²) in [6.45, 7) is 8.48. The van der Waals surface area contributed by atoms with Crippen molar-refractivity contribution in [3.63, 3.8) is 0 Å². The second kappa shape index (κ2) is 6.80. The quantitative estimate of drug-likeness (QED) is 0.683. The molecule has 4 nitrogen and oxygen atoms in total. The average molecular weight is 216 g/mol. The Morgan fingerprint density at radius 3 is 2.20 bits per heavy atom. The standard InChI is InChI=1S/C11H24N2O2/c1-8(2)10(12)11(15)13(9(3)4)6-5-7-14/h8-10,14H,5-7,12H2,1-4H3/t10-/m1/s1. The molecular formula is C11H24N2O2. The highest BCUT2D eigenvalue weighted by Gasteiger charge is 2.24. The number of hydrogen-bond donors (Lipinski definition) is 2. The number of carbonyl (C=O) groups is 1. The SMILES string of the molecule is CC(C)[C@@H](N)C(=O)N(CCCO)C(C)C. The zero-order chi connectivity index (χ0) is 12.0. The molecule has 0 aliphatic heterocycles. The van der Waals surface area contributed by atoms with Gasteiger partial charge in [-0.15, -0.1) is 0 Å². The van der Waals surface area contributed by atoms with Gasteiger partial charge in [0.15, 0.2) is 0 Å². The van der Waals surface area contributed by atoms with Crippen molar-refractivity contribution in [3.05, 3.63) is 0 Å². The Hall–Kier alpha value is -0.610. The molecule has 0 heterocycles. The molecule has 15 heavy (non-hydrogen) atoms. The van der Waals surface area contributed by atoms with Crippen LogP contribution in [0.15, 0.2) is 0 Å². The summed E-state index contributed by atoms with van der Waals surface area (Å²) in [6, 6.07) is -0.306. The minimum absolute atomic E-state index is 0.0200. The Balaban J connectivity index is 4.41. The summed E-state index contributed by atoms with van der Waals surface area (Å²) >= 11 is 0. The molecule has 0 radical (unpaired) electrons. The molecule has 0 aromatic rings. The van der Waals surface area contributed by atoms with Crippen LogP contribution in [-0.4, -0.2) is 41.1 Å². The number of nitrogens with two attached hydrogens (primary N) is 1. The molecule has 0 aliphatic rings. The van der Waals surface area contributed by atoms with Crippen LogP contribution < -0.4 is 5.73 Å². The van der Waals surface area contributed by atoms with Gasteiger partial charge in [0.05, 0.1) is 6.04 Å². The molecule has 0 aliphatic carbocycles. The van der Waals surface area contributed by atoms with Gasteiger partial charge in [0.2, 0.25) is 5.91 Å². The van der Waals surface area contributed by atoms with Crippen molar-refractivity contribution in [1.82, 2.24) is 4.90 Å². The number of amides is 1. The number of carbonyl (C=O) groups excluding carboxylic acids is 1. The van der Waals surface area contributed by atoms with Gasteiger partial charge in [0.25, 0.3) is 0 Å². The van der Waals surface area contributed by atoms with E-state index in [-0.39, 0.29) is 24.5 Å². The Labute approximate surface area is 92.4 Å². The summed E-state index contributed by atoms with van der Waals surface area (Å²) in [5.41, 5.74) is 5.82. The third kappa shape index (κ3) is 4.62. The monoisotopic (exact) mass is 216 g/mol. The van der Waals surface area contributed by atoms with Crippen molar-refractivity contribution < 1.29 is 9.90 Å². The maximum Gasteiger partial charge on any atom is 0.239 e. The second-order valence-electron chi connectivity index (χ2n) is 4.47. The first-order valence-corrected chi connectivity index (χ1v) is 5.58. The van der Waals surface area contributed by atoms with Crippen LogP contribution in [0.2, 0.25) is 0 Å². The van der Waals surface area contributed by atoms with Crippen LogP contribution in [0.3, 0.4) is 0 Å². The van der Waals surface area contributed by atoms with Gasteiger partial charge in [0.1, 0.15) is 0 Å². The number of rotatable bonds is 6. The van der Waals surface area contributed by atoms with E-state index in [1.165, 1.54) is 0 Å². The van der Waals surface area contributed by atoms with Gasteiger partial charge in [-0.1, -0.05) is 13.8 Å². The first kappa shape index (κ1) is 14.4. The normalized spacial score (nSPS) is 13.3. The lowest BCUT2D eigenvalue weighted by atomic mass is 10.0. The van der Waals surface area contributed by atoms with Gasteiger partial charge in [-0.3, -0.25) is 4.79 Å². The van der Waals surface area contributed by atoms with E-state index < -0.39 is 6.04 Å². The van der Waals surface area contributed by atoms with E-state index >= 15 is 0 Å². The molecule has 0 saturated carbocycles. The average Bonchev–Trinajstić information content (AvgIpc) is 2.16. The van der Waals surface area contributed by atoms with Gasteiger partial charge in [-0.25, -0.2) is 0 Å². The predicted octanol–water partition coefficient (Wildman–Crippen LogP) is 0.589. The summed E-state index contributed by atoms with van der Waals surface area (Å²) in [7, 11) is 0. The van der Waals surface area contributed by atoms with Gasteiger partial charge in [-0.2, -0.15) is 0 Å². The molecule has 0 rings (SSSR count). The van der Waals surface area contributed by atoms with E-state index in [0.29, 0.717) is 13.0 Å². The Bertz CT molecular complexity index is 193. The first-order chi connectivity index (χ1) is 6.91. The minimum atomic E-state index is -0.439. The molecule has 90 valence electrons. The molecule has 0 spiro atoms. The van der Waals surface area contributed by atoms with Crippen molar-refractivity contribution in [2.75, 3.05) is 13.2 Å². The van der Waals surface area contributed by atoms with Crippen LogP contribution in [0.25, 0.3) is 0 Å². The summed E-state index contributed by atoms with van der Waals surface area (Å²) in [5.74, 6) is 0.126. The van der Waals surface area contributed by atoms with Crippen LogP contribution in [0.1, 0.15) is 34.1 Å². The Morgan fingerprint density at radius 2 is 1.87 bits per heavy atom. The summed E-state index contributed by atoms with van der Waals surface area (Å²) in [5, 5.41) is 8.76. The van der Waals surface area contributed by atoms with Gasteiger partial charge in [-0.05, 0) is 26.2 Å². The molecule has 0 fully saturated rings. The zero-order valence-corrected chi connectivity index (χ0v) is 10.2. The third-order valence-corrected chi connectivity index (χ3v) is 2.47. The van der Waals surface area contributed by atoms with Crippen LogP contribution >= 0.6 is 0 Å². The number of aliphatic hydroxyl groups is 1. The molecule has 1 amide bonds. The van der Waals surface area contributed by atoms with E-state index in [0.717, 1.165) is 0 Å². The predicted molar refractivity (Wildman–Crippen MR) is 61.4 cm³/mol. The van der Waals surface area contributed by atoms with E-state index in [2.05, 4.69) is 0 Å². The Kier molecular flexibility index (Phi) is 6.52. The smallest absolute Gasteiger partial charge is 0.239 e. The number of aliphatic hydroxyl groups excluding tert-OH is 1. The number of hydrogen-bond acceptors (Lipinski definition) is 3. The molecule has 3 N–H and O–H groups in total. The van der Waals surface area contributed by atoms with Crippen molar-refractivity contribution in [2.24, 2.45) is 11.7 Å². The largest absolute Gasteiger partial charge is 0.396 e. The summed E-state index contributed by atoms with van der Waals surface area (Å²) < 4.78 is 0. The lowest BCUT2D eigenvalue weighted by Crippen LogP contribution is -2.49. The van der Waals surface area contributed by atoms with Crippen LogP contribution in [-0.2, 0) is 4.79 Å². The third-order valence-electron chi connectivity index (χ3n) is 2.47. The first-order valence-electron chi connectivity index (χ1n) is 5.58. The summed E-state index contributed by atoms with van der Waals surface area (Å²) in [4.78, 5) is 13.7. The highest BCUT2D eigenvalue weighted by Crippen LogP contribution is 2.07.